The zero-order valence-electron chi connectivity index (χ0n) is 19.7. The molecule has 6 heteroatoms. The Morgan fingerprint density at radius 2 is 2.00 bits per heavy atom. The molecular formula is C28H32FN3O2. The van der Waals surface area contributed by atoms with Gasteiger partial charge in [-0.2, -0.15) is 0 Å². The molecule has 0 amide bonds. The van der Waals surface area contributed by atoms with Gasteiger partial charge in [0, 0.05) is 30.9 Å². The summed E-state index contributed by atoms with van der Waals surface area (Å²) >= 11 is 0. The van der Waals surface area contributed by atoms with Gasteiger partial charge in [-0.1, -0.05) is 23.4 Å². The molecule has 3 aromatic rings. The van der Waals surface area contributed by atoms with Gasteiger partial charge in [0.05, 0.1) is 12.4 Å². The lowest BCUT2D eigenvalue weighted by Crippen LogP contribution is -2.26. The second-order valence-corrected chi connectivity index (χ2v) is 9.33. The number of hydrogen-bond acceptors (Lipinski definition) is 5. The van der Waals surface area contributed by atoms with Crippen LogP contribution in [0, 0.1) is 6.92 Å². The van der Waals surface area contributed by atoms with Gasteiger partial charge < -0.3 is 15.0 Å². The first-order valence-corrected chi connectivity index (χ1v) is 12.2. The monoisotopic (exact) mass is 461 g/mol. The summed E-state index contributed by atoms with van der Waals surface area (Å²) in [6.45, 7) is 4.37. The zero-order valence-corrected chi connectivity index (χ0v) is 19.7. The molecule has 178 valence electrons. The van der Waals surface area contributed by atoms with E-state index in [-0.39, 0.29) is 12.8 Å². The van der Waals surface area contributed by atoms with Crippen molar-refractivity contribution in [2.45, 2.75) is 45.1 Å². The molecule has 1 aromatic heterocycles. The highest BCUT2D eigenvalue weighted by atomic mass is 19.1. The standard InChI is InChI=1S/C28H32FN3O2/c1-19-27(18-33-31-19)26-5-2-4-21-16-22(30)8-11-25(21)28(26)20-6-9-23(10-7-20)34-24-12-15-32(17-24)14-3-13-29/h6-11,16,18,24H,2-5,12-15,17,30H2,1H3. The smallest absolute Gasteiger partial charge is 0.131 e. The fourth-order valence-electron chi connectivity index (χ4n) is 5.26. The molecule has 0 radical (unpaired) electrons. The van der Waals surface area contributed by atoms with E-state index >= 15 is 0 Å². The van der Waals surface area contributed by atoms with Gasteiger partial charge in [0.15, 0.2) is 0 Å². The SMILES string of the molecule is Cc1nocc1C1=C(c2ccc(OC3CCN(CCCF)C3)cc2)c2ccc(N)cc2CCC1. The number of aryl methyl sites for hydroxylation is 2. The Morgan fingerprint density at radius 1 is 1.15 bits per heavy atom. The third kappa shape index (κ3) is 4.73. The summed E-state index contributed by atoms with van der Waals surface area (Å²) in [6.07, 6.45) is 6.46. The van der Waals surface area contributed by atoms with Gasteiger partial charge in [-0.15, -0.1) is 0 Å². The van der Waals surface area contributed by atoms with Crippen molar-refractivity contribution in [2.75, 3.05) is 32.0 Å². The molecule has 5 rings (SSSR count). The summed E-state index contributed by atoms with van der Waals surface area (Å²) in [7, 11) is 0. The van der Waals surface area contributed by atoms with E-state index in [2.05, 4.69) is 46.5 Å². The first-order chi connectivity index (χ1) is 16.6. The zero-order chi connectivity index (χ0) is 23.5. The Labute approximate surface area is 200 Å². The third-order valence-corrected chi connectivity index (χ3v) is 6.93. The molecule has 1 aliphatic heterocycles. The fraction of sp³-hybridized carbons (Fsp3) is 0.393. The Morgan fingerprint density at radius 3 is 2.76 bits per heavy atom. The maximum atomic E-state index is 12.5. The summed E-state index contributed by atoms with van der Waals surface area (Å²) in [5.41, 5.74) is 15.0. The molecule has 2 aliphatic rings. The van der Waals surface area contributed by atoms with Crippen molar-refractivity contribution in [1.29, 1.82) is 0 Å². The van der Waals surface area contributed by atoms with Gasteiger partial charge in [-0.05, 0) is 91.1 Å². The van der Waals surface area contributed by atoms with Crippen LogP contribution in [-0.4, -0.2) is 42.5 Å². The van der Waals surface area contributed by atoms with Crippen molar-refractivity contribution in [3.05, 3.63) is 76.7 Å². The van der Waals surface area contributed by atoms with Crippen molar-refractivity contribution in [2.24, 2.45) is 0 Å². The largest absolute Gasteiger partial charge is 0.489 e. The predicted octanol–water partition coefficient (Wildman–Crippen LogP) is 5.67. The van der Waals surface area contributed by atoms with Crippen LogP contribution in [0.15, 0.2) is 53.3 Å². The van der Waals surface area contributed by atoms with Crippen molar-refractivity contribution in [1.82, 2.24) is 10.1 Å². The van der Waals surface area contributed by atoms with Crippen LogP contribution in [0.2, 0.25) is 0 Å². The minimum atomic E-state index is -0.258. The van der Waals surface area contributed by atoms with Crippen LogP contribution in [-0.2, 0) is 6.42 Å². The molecule has 1 saturated heterocycles. The third-order valence-electron chi connectivity index (χ3n) is 6.93. The van der Waals surface area contributed by atoms with Gasteiger partial charge in [0.1, 0.15) is 18.1 Å². The second-order valence-electron chi connectivity index (χ2n) is 9.33. The average molecular weight is 462 g/mol. The lowest BCUT2D eigenvalue weighted by atomic mass is 9.88. The first kappa shape index (κ1) is 22.7. The molecule has 0 bridgehead atoms. The number of nitrogen functional groups attached to an aromatic ring is 1. The molecular weight excluding hydrogens is 429 g/mol. The Kier molecular flexibility index (Phi) is 6.68. The van der Waals surface area contributed by atoms with Crippen LogP contribution in [0.25, 0.3) is 11.1 Å². The van der Waals surface area contributed by atoms with E-state index in [0.717, 1.165) is 73.6 Å². The van der Waals surface area contributed by atoms with E-state index in [1.165, 1.54) is 22.3 Å². The van der Waals surface area contributed by atoms with E-state index < -0.39 is 0 Å². The molecule has 1 aliphatic carbocycles. The van der Waals surface area contributed by atoms with Gasteiger partial charge >= 0.3 is 0 Å². The Hall–Kier alpha value is -3.12. The molecule has 2 aromatic carbocycles. The Bertz CT molecular complexity index is 1170. The molecule has 1 fully saturated rings. The molecule has 1 unspecified atom stereocenters. The van der Waals surface area contributed by atoms with Crippen LogP contribution < -0.4 is 10.5 Å². The van der Waals surface area contributed by atoms with Crippen molar-refractivity contribution < 1.29 is 13.7 Å². The summed E-state index contributed by atoms with van der Waals surface area (Å²) in [6, 6.07) is 14.6. The lowest BCUT2D eigenvalue weighted by Gasteiger charge is -2.18. The van der Waals surface area contributed by atoms with Crippen molar-refractivity contribution in [3.63, 3.8) is 0 Å². The number of fused-ring (bicyclic) bond motifs is 1. The van der Waals surface area contributed by atoms with Crippen LogP contribution >= 0.6 is 0 Å². The fourth-order valence-corrected chi connectivity index (χ4v) is 5.26. The average Bonchev–Trinajstić information content (AvgIpc) is 3.42. The molecule has 2 N–H and O–H groups in total. The van der Waals surface area contributed by atoms with Crippen LogP contribution in [0.1, 0.15) is 53.6 Å². The van der Waals surface area contributed by atoms with Gasteiger partial charge in [0.25, 0.3) is 0 Å². The summed E-state index contributed by atoms with van der Waals surface area (Å²) in [4.78, 5) is 2.28. The van der Waals surface area contributed by atoms with Gasteiger partial charge in [0.2, 0.25) is 0 Å². The molecule has 5 nitrogen and oxygen atoms in total. The highest BCUT2D eigenvalue weighted by Crippen LogP contribution is 2.41. The van der Waals surface area contributed by atoms with Crippen molar-refractivity contribution in [3.8, 4) is 5.75 Å². The number of halogens is 1. The van der Waals surface area contributed by atoms with E-state index in [9.17, 15) is 4.39 Å². The predicted molar refractivity (Wildman–Crippen MR) is 133 cm³/mol. The number of alkyl halides is 1. The number of likely N-dealkylation sites (tertiary alicyclic amines) is 1. The maximum Gasteiger partial charge on any atom is 0.131 e. The lowest BCUT2D eigenvalue weighted by molar-refractivity contribution is 0.198. The van der Waals surface area contributed by atoms with E-state index in [4.69, 9.17) is 15.0 Å². The summed E-state index contributed by atoms with van der Waals surface area (Å²) in [5.74, 6) is 0.871. The highest BCUT2D eigenvalue weighted by molar-refractivity contribution is 6.00. The number of ether oxygens (including phenoxy) is 1. The summed E-state index contributed by atoms with van der Waals surface area (Å²) < 4.78 is 24.1. The van der Waals surface area contributed by atoms with E-state index in [1.54, 1.807) is 6.26 Å². The van der Waals surface area contributed by atoms with Gasteiger partial charge in [-0.25, -0.2) is 0 Å². The number of hydrogen-bond donors (Lipinski definition) is 1. The number of aromatic nitrogens is 1. The topological polar surface area (TPSA) is 64.5 Å². The van der Waals surface area contributed by atoms with Crippen LogP contribution in [0.3, 0.4) is 0 Å². The quantitative estimate of drug-likeness (QED) is 0.459. The number of anilines is 1. The van der Waals surface area contributed by atoms with E-state index in [1.807, 2.05) is 13.0 Å². The second kappa shape index (κ2) is 10.0. The number of benzene rings is 2. The first-order valence-electron chi connectivity index (χ1n) is 12.2. The number of nitrogens with zero attached hydrogens (tertiary/aromatic N) is 2. The Balaban J connectivity index is 1.45. The molecule has 1 atom stereocenters. The van der Waals surface area contributed by atoms with E-state index in [0.29, 0.717) is 6.42 Å². The number of nitrogens with two attached hydrogens (primary N) is 1. The van der Waals surface area contributed by atoms with Crippen LogP contribution in [0.5, 0.6) is 5.75 Å². The minimum Gasteiger partial charge on any atom is -0.489 e. The molecule has 0 saturated carbocycles. The normalized spacial score (nSPS) is 18.7. The van der Waals surface area contributed by atoms with Crippen molar-refractivity contribution >= 4 is 16.8 Å². The summed E-state index contributed by atoms with van der Waals surface area (Å²) in [5, 5.41) is 4.14. The maximum absolute atomic E-state index is 12.5. The number of rotatable bonds is 7. The number of allylic oxidation sites excluding steroid dienone is 1. The van der Waals surface area contributed by atoms with Crippen LogP contribution in [0.4, 0.5) is 10.1 Å². The minimum absolute atomic E-state index is 0.154. The van der Waals surface area contributed by atoms with Gasteiger partial charge in [-0.3, -0.25) is 9.29 Å². The molecule has 2 heterocycles. The molecule has 0 spiro atoms. The molecule has 34 heavy (non-hydrogen) atoms. The highest BCUT2D eigenvalue weighted by Gasteiger charge is 2.25.